The number of nitrogens with one attached hydrogen (secondary N) is 1. The number of nitro groups is 1. The van der Waals surface area contributed by atoms with Gasteiger partial charge in [0.1, 0.15) is 5.69 Å². The molecule has 0 radical (unpaired) electrons. The van der Waals surface area contributed by atoms with Gasteiger partial charge in [0.25, 0.3) is 5.69 Å². The quantitative estimate of drug-likeness (QED) is 0.659. The maximum atomic E-state index is 12.3. The Morgan fingerprint density at radius 1 is 1.50 bits per heavy atom. The van der Waals surface area contributed by atoms with Gasteiger partial charge in [-0.3, -0.25) is 19.8 Å². The van der Waals surface area contributed by atoms with E-state index >= 15 is 0 Å². The zero-order valence-corrected chi connectivity index (χ0v) is 14.6. The number of halogens is 1. The molecule has 1 amide bonds. The van der Waals surface area contributed by atoms with E-state index in [1.807, 2.05) is 0 Å². The summed E-state index contributed by atoms with van der Waals surface area (Å²) in [5.41, 5.74) is 1.21. The minimum Gasteiger partial charge on any atom is -0.319 e. The predicted octanol–water partition coefficient (Wildman–Crippen LogP) is 3.87. The van der Waals surface area contributed by atoms with Crippen LogP contribution in [0.5, 0.6) is 0 Å². The number of thiophene rings is 1. The van der Waals surface area contributed by atoms with Gasteiger partial charge >= 0.3 is 0 Å². The Labute approximate surface area is 148 Å². The Hall–Kier alpha value is -1.96. The summed E-state index contributed by atoms with van der Waals surface area (Å²) in [4.78, 5) is 26.3. The zero-order valence-electron chi connectivity index (χ0n) is 13.0. The van der Waals surface area contributed by atoms with Crippen molar-refractivity contribution in [2.24, 2.45) is 0 Å². The number of carbonyl (C=O) groups is 1. The summed E-state index contributed by atoms with van der Waals surface area (Å²) in [5, 5.41) is 16.1. The van der Waals surface area contributed by atoms with Crippen LogP contribution in [0.3, 0.4) is 0 Å². The highest BCUT2D eigenvalue weighted by molar-refractivity contribution is 7.10. The van der Waals surface area contributed by atoms with Gasteiger partial charge in [0.05, 0.1) is 11.5 Å². The Morgan fingerprint density at radius 3 is 3.04 bits per heavy atom. The van der Waals surface area contributed by atoms with Crippen LogP contribution in [0.4, 0.5) is 11.4 Å². The molecule has 0 spiro atoms. The fourth-order valence-electron chi connectivity index (χ4n) is 2.92. The SMILES string of the molecule is C[C@@H]1c2ccsc2CCN1CC(=O)Nc1cc(Cl)ccc1[N+](=O)[O-]. The topological polar surface area (TPSA) is 75.5 Å². The van der Waals surface area contributed by atoms with Gasteiger partial charge in [-0.2, -0.15) is 0 Å². The first kappa shape index (κ1) is 16.9. The highest BCUT2D eigenvalue weighted by Gasteiger charge is 2.26. The molecule has 0 fully saturated rings. The average Bonchev–Trinajstić information content (AvgIpc) is 2.99. The van der Waals surface area contributed by atoms with E-state index in [0.717, 1.165) is 13.0 Å². The van der Waals surface area contributed by atoms with Gasteiger partial charge in [-0.25, -0.2) is 0 Å². The second kappa shape index (κ2) is 6.88. The summed E-state index contributed by atoms with van der Waals surface area (Å²) in [6, 6.07) is 6.37. The normalized spacial score (nSPS) is 17.3. The lowest BCUT2D eigenvalue weighted by Crippen LogP contribution is -2.39. The third-order valence-electron chi connectivity index (χ3n) is 4.18. The standard InChI is InChI=1S/C16H16ClN3O3S/c1-10-12-5-7-24-15(12)4-6-19(10)9-16(21)18-13-8-11(17)2-3-14(13)20(22)23/h2-3,5,7-8,10H,4,6,9H2,1H3,(H,18,21)/t10-/m1/s1. The molecule has 2 heterocycles. The molecular formula is C16H16ClN3O3S. The number of hydrogen-bond donors (Lipinski definition) is 1. The van der Waals surface area contributed by atoms with Crippen molar-refractivity contribution in [2.45, 2.75) is 19.4 Å². The van der Waals surface area contributed by atoms with Gasteiger partial charge in [-0.1, -0.05) is 11.6 Å². The maximum absolute atomic E-state index is 12.3. The summed E-state index contributed by atoms with van der Waals surface area (Å²) in [7, 11) is 0. The van der Waals surface area contributed by atoms with Crippen LogP contribution in [0.2, 0.25) is 5.02 Å². The first-order valence-corrected chi connectivity index (χ1v) is 8.75. The molecular weight excluding hydrogens is 350 g/mol. The monoisotopic (exact) mass is 365 g/mol. The zero-order chi connectivity index (χ0) is 17.3. The smallest absolute Gasteiger partial charge is 0.292 e. The molecule has 24 heavy (non-hydrogen) atoms. The molecule has 1 aromatic carbocycles. The Kier molecular flexibility index (Phi) is 4.84. The van der Waals surface area contributed by atoms with E-state index in [0.29, 0.717) is 5.02 Å². The summed E-state index contributed by atoms with van der Waals surface area (Å²) in [5.74, 6) is -0.286. The van der Waals surface area contributed by atoms with E-state index in [4.69, 9.17) is 11.6 Å². The van der Waals surface area contributed by atoms with Crippen molar-refractivity contribution in [1.29, 1.82) is 0 Å². The number of rotatable bonds is 4. The fourth-order valence-corrected chi connectivity index (χ4v) is 4.05. The summed E-state index contributed by atoms with van der Waals surface area (Å²) < 4.78 is 0. The van der Waals surface area contributed by atoms with Crippen molar-refractivity contribution in [3.05, 3.63) is 55.2 Å². The summed E-state index contributed by atoms with van der Waals surface area (Å²) in [6.07, 6.45) is 0.919. The molecule has 126 valence electrons. The van der Waals surface area contributed by atoms with Crippen LogP contribution in [0.25, 0.3) is 0 Å². The lowest BCUT2D eigenvalue weighted by Gasteiger charge is -2.32. The van der Waals surface area contributed by atoms with Crippen LogP contribution < -0.4 is 5.32 Å². The number of hydrogen-bond acceptors (Lipinski definition) is 5. The molecule has 0 saturated heterocycles. The van der Waals surface area contributed by atoms with E-state index in [1.54, 1.807) is 11.3 Å². The number of fused-ring (bicyclic) bond motifs is 1. The molecule has 0 bridgehead atoms. The Bertz CT molecular complexity index is 793. The highest BCUT2D eigenvalue weighted by Crippen LogP contribution is 2.33. The minimum atomic E-state index is -0.535. The molecule has 3 rings (SSSR count). The van der Waals surface area contributed by atoms with E-state index in [9.17, 15) is 14.9 Å². The van der Waals surface area contributed by atoms with Crippen molar-refractivity contribution >= 4 is 40.2 Å². The molecule has 0 saturated carbocycles. The number of nitrogens with zero attached hydrogens (tertiary/aromatic N) is 2. The minimum absolute atomic E-state index is 0.124. The number of amides is 1. The largest absolute Gasteiger partial charge is 0.319 e. The fraction of sp³-hybridized carbons (Fsp3) is 0.312. The molecule has 8 heteroatoms. The summed E-state index contributed by atoms with van der Waals surface area (Å²) in [6.45, 7) is 3.04. The predicted molar refractivity (Wildman–Crippen MR) is 94.7 cm³/mol. The van der Waals surface area contributed by atoms with Gasteiger partial charge in [0.2, 0.25) is 5.91 Å². The Balaban J connectivity index is 1.71. The van der Waals surface area contributed by atoms with Gasteiger partial charge in [-0.15, -0.1) is 11.3 Å². The van der Waals surface area contributed by atoms with Crippen LogP contribution in [0.15, 0.2) is 29.6 Å². The lowest BCUT2D eigenvalue weighted by molar-refractivity contribution is -0.383. The maximum Gasteiger partial charge on any atom is 0.292 e. The van der Waals surface area contributed by atoms with Crippen molar-refractivity contribution in [2.75, 3.05) is 18.4 Å². The number of benzene rings is 1. The molecule has 1 N–H and O–H groups in total. The van der Waals surface area contributed by atoms with Crippen LogP contribution in [-0.2, 0) is 11.2 Å². The molecule has 0 unspecified atom stereocenters. The first-order valence-electron chi connectivity index (χ1n) is 7.50. The van der Waals surface area contributed by atoms with E-state index in [-0.39, 0.29) is 29.9 Å². The van der Waals surface area contributed by atoms with Crippen molar-refractivity contribution in [1.82, 2.24) is 4.90 Å². The van der Waals surface area contributed by atoms with Crippen LogP contribution >= 0.6 is 22.9 Å². The van der Waals surface area contributed by atoms with Gasteiger partial charge in [0, 0.05) is 28.6 Å². The number of anilines is 1. The second-order valence-corrected chi connectivity index (χ2v) is 7.10. The molecule has 1 aliphatic heterocycles. The molecule has 0 aliphatic carbocycles. The highest BCUT2D eigenvalue weighted by atomic mass is 35.5. The summed E-state index contributed by atoms with van der Waals surface area (Å²) >= 11 is 7.62. The van der Waals surface area contributed by atoms with Gasteiger partial charge in [-0.05, 0) is 42.5 Å². The van der Waals surface area contributed by atoms with E-state index in [1.165, 1.54) is 28.6 Å². The molecule has 2 aromatic rings. The number of nitro benzene ring substituents is 1. The van der Waals surface area contributed by atoms with E-state index in [2.05, 4.69) is 28.6 Å². The third-order valence-corrected chi connectivity index (χ3v) is 5.41. The molecule has 6 nitrogen and oxygen atoms in total. The lowest BCUT2D eigenvalue weighted by atomic mass is 10.0. The van der Waals surface area contributed by atoms with Crippen LogP contribution in [-0.4, -0.2) is 28.8 Å². The van der Waals surface area contributed by atoms with Crippen LogP contribution in [0.1, 0.15) is 23.4 Å². The molecule has 1 atom stereocenters. The molecule has 1 aromatic heterocycles. The van der Waals surface area contributed by atoms with Crippen LogP contribution in [0, 0.1) is 10.1 Å². The van der Waals surface area contributed by atoms with E-state index < -0.39 is 4.92 Å². The Morgan fingerprint density at radius 2 is 2.29 bits per heavy atom. The second-order valence-electron chi connectivity index (χ2n) is 5.66. The van der Waals surface area contributed by atoms with Crippen molar-refractivity contribution < 1.29 is 9.72 Å². The number of carbonyl (C=O) groups excluding carboxylic acids is 1. The first-order chi connectivity index (χ1) is 11.5. The average molecular weight is 366 g/mol. The van der Waals surface area contributed by atoms with Crippen molar-refractivity contribution in [3.63, 3.8) is 0 Å². The van der Waals surface area contributed by atoms with Gasteiger partial charge in [0.15, 0.2) is 0 Å². The van der Waals surface area contributed by atoms with Crippen molar-refractivity contribution in [3.8, 4) is 0 Å². The molecule has 1 aliphatic rings. The third kappa shape index (κ3) is 3.43. The van der Waals surface area contributed by atoms with Gasteiger partial charge < -0.3 is 5.32 Å².